The zero-order valence-electron chi connectivity index (χ0n) is 13.0. The lowest BCUT2D eigenvalue weighted by molar-refractivity contribution is -0.189. The minimum Gasteiger partial charge on any atom is -0.363 e. The van der Waals surface area contributed by atoms with Gasteiger partial charge >= 0.3 is 0 Å². The largest absolute Gasteiger partial charge is 0.363 e. The molecule has 3 rings (SSSR count). The number of methoxy groups -OCH3 is 1. The first-order chi connectivity index (χ1) is 10.7. The van der Waals surface area contributed by atoms with Crippen LogP contribution in [0.5, 0.6) is 0 Å². The Morgan fingerprint density at radius 2 is 1.59 bits per heavy atom. The quantitative estimate of drug-likeness (QED) is 0.688. The van der Waals surface area contributed by atoms with Crippen LogP contribution >= 0.6 is 0 Å². The number of rotatable bonds is 6. The molecule has 2 N–H and O–H groups in total. The molecule has 22 heavy (non-hydrogen) atoms. The first-order valence-electron chi connectivity index (χ1n) is 7.63. The minimum absolute atomic E-state index is 0.379. The Labute approximate surface area is 130 Å². The van der Waals surface area contributed by atoms with Gasteiger partial charge in [0.25, 0.3) is 0 Å². The molecule has 4 nitrogen and oxygen atoms in total. The van der Waals surface area contributed by atoms with E-state index in [0.717, 1.165) is 17.6 Å². The van der Waals surface area contributed by atoms with Gasteiger partial charge in [0.05, 0.1) is 13.1 Å². The average molecular weight is 298 g/mol. The fraction of sp³-hybridized carbons (Fsp3) is 0.333. The first-order valence-corrected chi connectivity index (χ1v) is 7.63. The normalized spacial score (nSPS) is 14.5. The highest BCUT2D eigenvalue weighted by molar-refractivity contribution is 6.07. The van der Waals surface area contributed by atoms with E-state index in [0.29, 0.717) is 13.1 Å². The molecule has 1 aromatic heterocycles. The van der Waals surface area contributed by atoms with Gasteiger partial charge < -0.3 is 19.7 Å². The molecule has 3 aromatic rings. The second kappa shape index (κ2) is 6.08. The van der Waals surface area contributed by atoms with Crippen molar-refractivity contribution in [1.29, 1.82) is 0 Å². The summed E-state index contributed by atoms with van der Waals surface area (Å²) in [5.41, 5.74) is 2.21. The van der Waals surface area contributed by atoms with Gasteiger partial charge in [-0.2, -0.15) is 0 Å². The Bertz CT molecular complexity index is 728. The smallest absolute Gasteiger partial charge is 0.196 e. The van der Waals surface area contributed by atoms with Gasteiger partial charge in [0.2, 0.25) is 0 Å². The Morgan fingerprint density at radius 3 is 2.09 bits per heavy atom. The molecule has 0 spiro atoms. The number of fused-ring (bicyclic) bond motifs is 3. The zero-order valence-corrected chi connectivity index (χ0v) is 13.0. The zero-order chi connectivity index (χ0) is 15.6. The Balaban J connectivity index is 2.12. The minimum atomic E-state index is -1.24. The van der Waals surface area contributed by atoms with Crippen LogP contribution in [0, 0.1) is 0 Å². The molecule has 116 valence electrons. The molecule has 0 aliphatic heterocycles. The second-order valence-electron chi connectivity index (χ2n) is 5.55. The second-order valence-corrected chi connectivity index (χ2v) is 5.55. The molecule has 0 saturated heterocycles. The summed E-state index contributed by atoms with van der Waals surface area (Å²) in [5, 5.41) is 16.3. The van der Waals surface area contributed by atoms with E-state index in [1.807, 2.05) is 31.2 Å². The van der Waals surface area contributed by atoms with Crippen molar-refractivity contribution in [3.05, 3.63) is 48.5 Å². The van der Waals surface area contributed by atoms with Crippen LogP contribution in [-0.4, -0.2) is 35.7 Å². The molecule has 0 fully saturated rings. The predicted octanol–water partition coefficient (Wildman–Crippen LogP) is 2.74. The third kappa shape index (κ3) is 2.61. The van der Waals surface area contributed by atoms with Crippen LogP contribution in [0.1, 0.15) is 6.92 Å². The summed E-state index contributed by atoms with van der Waals surface area (Å²) in [6.07, 6.45) is 0. The summed E-state index contributed by atoms with van der Waals surface area (Å²) in [7, 11) is 1.55. The van der Waals surface area contributed by atoms with E-state index in [4.69, 9.17) is 4.74 Å². The number of nitrogens with zero attached hydrogens (tertiary/aromatic N) is 1. The summed E-state index contributed by atoms with van der Waals surface area (Å²) in [6.45, 7) is 3.57. The number of ether oxygens (including phenoxy) is 1. The molecule has 0 saturated carbocycles. The Hall–Kier alpha value is -1.88. The van der Waals surface area contributed by atoms with Crippen LogP contribution in [0.2, 0.25) is 0 Å². The molecule has 1 atom stereocenters. The van der Waals surface area contributed by atoms with Crippen molar-refractivity contribution in [2.24, 2.45) is 0 Å². The molecule has 0 aliphatic carbocycles. The van der Waals surface area contributed by atoms with Crippen LogP contribution in [0.25, 0.3) is 21.8 Å². The van der Waals surface area contributed by atoms with Gasteiger partial charge in [-0.3, -0.25) is 0 Å². The number of nitrogens with one attached hydrogen (secondary N) is 1. The third-order valence-corrected chi connectivity index (χ3v) is 4.12. The number of hydrogen-bond acceptors (Lipinski definition) is 3. The van der Waals surface area contributed by atoms with E-state index in [1.165, 1.54) is 10.8 Å². The summed E-state index contributed by atoms with van der Waals surface area (Å²) >= 11 is 0. The summed E-state index contributed by atoms with van der Waals surface area (Å²) in [4.78, 5) is 0. The Morgan fingerprint density at radius 1 is 1.05 bits per heavy atom. The molecule has 0 bridgehead atoms. The van der Waals surface area contributed by atoms with E-state index >= 15 is 0 Å². The molecule has 0 amide bonds. The molecular formula is C18H22N2O2. The average Bonchev–Trinajstić information content (AvgIpc) is 2.88. The number of aliphatic hydroxyl groups is 1. The maximum absolute atomic E-state index is 10.7. The maximum Gasteiger partial charge on any atom is 0.196 e. The molecule has 4 heteroatoms. The summed E-state index contributed by atoms with van der Waals surface area (Å²) < 4.78 is 7.51. The van der Waals surface area contributed by atoms with Gasteiger partial charge in [-0.25, -0.2) is 0 Å². The Kier molecular flexibility index (Phi) is 4.16. The predicted molar refractivity (Wildman–Crippen MR) is 89.9 cm³/mol. The molecule has 2 aromatic carbocycles. The number of hydrogen-bond donors (Lipinski definition) is 2. The third-order valence-electron chi connectivity index (χ3n) is 4.12. The van der Waals surface area contributed by atoms with Crippen LogP contribution in [0.4, 0.5) is 0 Å². The van der Waals surface area contributed by atoms with Crippen molar-refractivity contribution in [1.82, 2.24) is 9.88 Å². The number of aromatic nitrogens is 1. The van der Waals surface area contributed by atoms with E-state index < -0.39 is 5.79 Å². The number of para-hydroxylation sites is 2. The molecular weight excluding hydrogens is 276 g/mol. The summed E-state index contributed by atoms with van der Waals surface area (Å²) in [5.74, 6) is -1.24. The topological polar surface area (TPSA) is 46.4 Å². The van der Waals surface area contributed by atoms with E-state index in [-0.39, 0.29) is 0 Å². The van der Waals surface area contributed by atoms with Gasteiger partial charge in [-0.05, 0) is 18.7 Å². The standard InChI is InChI=1S/C18H22N2O2/c1-3-19-12-18(21,22-2)13-20-16-10-6-4-8-14(16)15-9-5-7-11-17(15)20/h4-11,19,21H,3,12-13H2,1-2H3/t18-/m0/s1. The van der Waals surface area contributed by atoms with Crippen molar-refractivity contribution in [3.8, 4) is 0 Å². The van der Waals surface area contributed by atoms with Crippen LogP contribution in [0.15, 0.2) is 48.5 Å². The fourth-order valence-corrected chi connectivity index (χ4v) is 2.93. The fourth-order valence-electron chi connectivity index (χ4n) is 2.93. The maximum atomic E-state index is 10.7. The van der Waals surface area contributed by atoms with E-state index in [1.54, 1.807) is 7.11 Å². The number of benzene rings is 2. The lowest BCUT2D eigenvalue weighted by Gasteiger charge is -2.28. The molecule has 1 heterocycles. The van der Waals surface area contributed by atoms with Crippen molar-refractivity contribution < 1.29 is 9.84 Å². The molecule has 0 aliphatic rings. The van der Waals surface area contributed by atoms with Crippen molar-refractivity contribution in [3.63, 3.8) is 0 Å². The monoisotopic (exact) mass is 298 g/mol. The van der Waals surface area contributed by atoms with Crippen molar-refractivity contribution >= 4 is 21.8 Å². The highest BCUT2D eigenvalue weighted by Crippen LogP contribution is 2.30. The number of likely N-dealkylation sites (N-methyl/N-ethyl adjacent to an activating group) is 1. The SMILES string of the molecule is CCNC[C@@](O)(Cn1c2ccccc2c2ccccc21)OC. The van der Waals surface area contributed by atoms with Gasteiger partial charge in [0.15, 0.2) is 5.79 Å². The van der Waals surface area contributed by atoms with E-state index in [9.17, 15) is 5.11 Å². The van der Waals surface area contributed by atoms with Gasteiger partial charge in [-0.1, -0.05) is 43.3 Å². The van der Waals surface area contributed by atoms with Crippen LogP contribution in [0.3, 0.4) is 0 Å². The lowest BCUT2D eigenvalue weighted by atomic mass is 10.2. The van der Waals surface area contributed by atoms with Crippen LogP contribution in [-0.2, 0) is 11.3 Å². The van der Waals surface area contributed by atoms with Gasteiger partial charge in [0, 0.05) is 28.9 Å². The molecule has 0 unspecified atom stereocenters. The van der Waals surface area contributed by atoms with Crippen LogP contribution < -0.4 is 5.32 Å². The highest BCUT2D eigenvalue weighted by Gasteiger charge is 2.28. The van der Waals surface area contributed by atoms with Crippen molar-refractivity contribution in [2.45, 2.75) is 19.3 Å². The van der Waals surface area contributed by atoms with Gasteiger partial charge in [-0.15, -0.1) is 0 Å². The lowest BCUT2D eigenvalue weighted by Crippen LogP contribution is -2.45. The summed E-state index contributed by atoms with van der Waals surface area (Å²) in [6, 6.07) is 16.5. The highest BCUT2D eigenvalue weighted by atomic mass is 16.6. The molecule has 0 radical (unpaired) electrons. The van der Waals surface area contributed by atoms with Gasteiger partial charge in [0.1, 0.15) is 0 Å². The van der Waals surface area contributed by atoms with Crippen molar-refractivity contribution in [2.75, 3.05) is 20.2 Å². The first kappa shape index (κ1) is 15.0. The van der Waals surface area contributed by atoms with E-state index in [2.05, 4.69) is 34.1 Å².